The Morgan fingerprint density at radius 1 is 1.18 bits per heavy atom. The minimum absolute atomic E-state index is 0.0206. The normalized spacial score (nSPS) is 13.2. The number of aliphatic hydroxyl groups excluding tert-OH is 1. The predicted molar refractivity (Wildman–Crippen MR) is 107 cm³/mol. The molecule has 0 aliphatic carbocycles. The summed E-state index contributed by atoms with van der Waals surface area (Å²) >= 11 is 0. The minimum atomic E-state index is -3.77. The SMILES string of the molecule is CCC(CO)Nn1cnc2cnc3c(ccn3S(=O)(=O)c3ccc(C)cc3)c21. The molecule has 1 aromatic carbocycles. The quantitative estimate of drug-likeness (QED) is 0.516. The summed E-state index contributed by atoms with van der Waals surface area (Å²) in [7, 11) is -3.77. The summed E-state index contributed by atoms with van der Waals surface area (Å²) < 4.78 is 29.1. The molecule has 4 rings (SSSR count). The van der Waals surface area contributed by atoms with Crippen LogP contribution in [-0.4, -0.2) is 44.8 Å². The molecule has 8 nitrogen and oxygen atoms in total. The molecule has 0 saturated carbocycles. The topological polar surface area (TPSA) is 102 Å². The molecular formula is C19H21N5O3S. The molecule has 146 valence electrons. The van der Waals surface area contributed by atoms with Crippen molar-refractivity contribution in [3.63, 3.8) is 0 Å². The van der Waals surface area contributed by atoms with E-state index in [1.54, 1.807) is 47.5 Å². The van der Waals surface area contributed by atoms with Crippen LogP contribution in [0, 0.1) is 6.92 Å². The van der Waals surface area contributed by atoms with Gasteiger partial charge in [-0.2, -0.15) is 0 Å². The van der Waals surface area contributed by atoms with E-state index in [1.807, 2.05) is 13.8 Å². The number of hydrogen-bond donors (Lipinski definition) is 2. The fourth-order valence-electron chi connectivity index (χ4n) is 3.14. The van der Waals surface area contributed by atoms with Crippen LogP contribution in [-0.2, 0) is 10.0 Å². The number of rotatable bonds is 6. The Morgan fingerprint density at radius 3 is 2.61 bits per heavy atom. The Kier molecular flexibility index (Phi) is 4.56. The van der Waals surface area contributed by atoms with Crippen LogP contribution in [0.25, 0.3) is 22.1 Å². The van der Waals surface area contributed by atoms with Crippen LogP contribution >= 0.6 is 0 Å². The number of aryl methyl sites for hydroxylation is 1. The minimum Gasteiger partial charge on any atom is -0.394 e. The van der Waals surface area contributed by atoms with Gasteiger partial charge < -0.3 is 10.5 Å². The molecular weight excluding hydrogens is 378 g/mol. The molecule has 9 heteroatoms. The molecule has 0 spiro atoms. The van der Waals surface area contributed by atoms with Crippen molar-refractivity contribution < 1.29 is 13.5 Å². The van der Waals surface area contributed by atoms with Gasteiger partial charge in [-0.05, 0) is 31.5 Å². The Bertz CT molecular complexity index is 1240. The average Bonchev–Trinajstić information content (AvgIpc) is 3.30. The Labute approximate surface area is 162 Å². The van der Waals surface area contributed by atoms with Crippen molar-refractivity contribution >= 4 is 32.1 Å². The Balaban J connectivity index is 1.88. The van der Waals surface area contributed by atoms with E-state index in [4.69, 9.17) is 0 Å². The maximum absolute atomic E-state index is 13.1. The first-order valence-corrected chi connectivity index (χ1v) is 10.4. The summed E-state index contributed by atoms with van der Waals surface area (Å²) in [6.45, 7) is 3.85. The number of hydrogen-bond acceptors (Lipinski definition) is 6. The van der Waals surface area contributed by atoms with Crippen LogP contribution in [0.15, 0.2) is 53.9 Å². The van der Waals surface area contributed by atoms with Gasteiger partial charge in [0.2, 0.25) is 0 Å². The smallest absolute Gasteiger partial charge is 0.269 e. The number of imidazole rings is 1. The first kappa shape index (κ1) is 18.5. The molecule has 0 fully saturated rings. The molecule has 1 atom stereocenters. The first-order valence-electron chi connectivity index (χ1n) is 8.98. The van der Waals surface area contributed by atoms with E-state index in [2.05, 4.69) is 15.4 Å². The summed E-state index contributed by atoms with van der Waals surface area (Å²) in [5.41, 5.74) is 5.87. The van der Waals surface area contributed by atoms with Crippen LogP contribution in [0.2, 0.25) is 0 Å². The maximum Gasteiger partial charge on any atom is 0.269 e. The third-order valence-electron chi connectivity index (χ3n) is 4.80. The van der Waals surface area contributed by atoms with Crippen molar-refractivity contribution in [1.82, 2.24) is 18.6 Å². The van der Waals surface area contributed by atoms with E-state index >= 15 is 0 Å². The summed E-state index contributed by atoms with van der Waals surface area (Å²) in [5.74, 6) is 0. The zero-order valence-electron chi connectivity index (χ0n) is 15.6. The number of aliphatic hydroxyl groups is 1. The second kappa shape index (κ2) is 6.92. The van der Waals surface area contributed by atoms with Crippen molar-refractivity contribution in [3.05, 3.63) is 54.6 Å². The van der Waals surface area contributed by atoms with Crippen molar-refractivity contribution in [2.45, 2.75) is 31.2 Å². The number of pyridine rings is 1. The maximum atomic E-state index is 13.1. The van der Waals surface area contributed by atoms with Gasteiger partial charge in [0.15, 0.2) is 5.65 Å². The number of nitrogens with zero attached hydrogens (tertiary/aromatic N) is 4. The largest absolute Gasteiger partial charge is 0.394 e. The molecule has 0 amide bonds. The van der Waals surface area contributed by atoms with Gasteiger partial charge in [0.25, 0.3) is 10.0 Å². The van der Waals surface area contributed by atoms with Gasteiger partial charge >= 0.3 is 0 Å². The van der Waals surface area contributed by atoms with Crippen molar-refractivity contribution in [2.75, 3.05) is 12.0 Å². The summed E-state index contributed by atoms with van der Waals surface area (Å²) in [6.07, 6.45) is 5.40. The second-order valence-corrected chi connectivity index (χ2v) is 8.51. The fourth-order valence-corrected chi connectivity index (χ4v) is 4.44. The van der Waals surface area contributed by atoms with E-state index in [0.717, 1.165) is 17.5 Å². The summed E-state index contributed by atoms with van der Waals surface area (Å²) in [5, 5.41) is 10.1. The van der Waals surface area contributed by atoms with Crippen molar-refractivity contribution in [1.29, 1.82) is 0 Å². The number of aromatic nitrogens is 4. The number of fused-ring (bicyclic) bond motifs is 3. The fraction of sp³-hybridized carbons (Fsp3) is 0.263. The molecule has 4 aromatic rings. The zero-order valence-corrected chi connectivity index (χ0v) is 16.4. The summed E-state index contributed by atoms with van der Waals surface area (Å²) in [6, 6.07) is 8.29. The molecule has 0 saturated heterocycles. The molecule has 0 radical (unpaired) electrons. The van der Waals surface area contributed by atoms with E-state index in [-0.39, 0.29) is 17.5 Å². The van der Waals surface area contributed by atoms with Gasteiger partial charge in [-0.15, -0.1) is 0 Å². The first-order chi connectivity index (χ1) is 13.5. The standard InChI is InChI=1S/C19H21N5O3S/c1-3-14(11-25)22-23-12-21-17-10-20-19-16(18(17)23)8-9-24(19)28(26,27)15-6-4-13(2)5-7-15/h4-10,12,14,22,25H,3,11H2,1-2H3. The lowest BCUT2D eigenvalue weighted by molar-refractivity contribution is 0.265. The van der Waals surface area contributed by atoms with Gasteiger partial charge in [0, 0.05) is 11.6 Å². The van der Waals surface area contributed by atoms with Gasteiger partial charge in [-0.3, -0.25) is 0 Å². The highest BCUT2D eigenvalue weighted by Gasteiger charge is 2.22. The van der Waals surface area contributed by atoms with Gasteiger partial charge in [-0.25, -0.2) is 27.0 Å². The van der Waals surface area contributed by atoms with Crippen LogP contribution in [0.1, 0.15) is 18.9 Å². The predicted octanol–water partition coefficient (Wildman–Crippen LogP) is 2.25. The van der Waals surface area contributed by atoms with E-state index < -0.39 is 10.0 Å². The third kappa shape index (κ3) is 2.92. The van der Waals surface area contributed by atoms with Crippen molar-refractivity contribution in [2.24, 2.45) is 0 Å². The highest BCUT2D eigenvalue weighted by atomic mass is 32.2. The van der Waals surface area contributed by atoms with Gasteiger partial charge in [-0.1, -0.05) is 24.6 Å². The lowest BCUT2D eigenvalue weighted by Gasteiger charge is -2.16. The van der Waals surface area contributed by atoms with Crippen LogP contribution in [0.3, 0.4) is 0 Å². The van der Waals surface area contributed by atoms with Gasteiger partial charge in [0.05, 0.1) is 23.7 Å². The molecule has 28 heavy (non-hydrogen) atoms. The highest BCUT2D eigenvalue weighted by molar-refractivity contribution is 7.90. The Morgan fingerprint density at radius 2 is 1.93 bits per heavy atom. The van der Waals surface area contributed by atoms with E-state index in [0.29, 0.717) is 16.6 Å². The van der Waals surface area contributed by atoms with Crippen LogP contribution in [0.4, 0.5) is 0 Å². The molecule has 0 aliphatic rings. The monoisotopic (exact) mass is 399 g/mol. The highest BCUT2D eigenvalue weighted by Crippen LogP contribution is 2.26. The lowest BCUT2D eigenvalue weighted by atomic mass is 10.2. The van der Waals surface area contributed by atoms with Crippen LogP contribution in [0.5, 0.6) is 0 Å². The molecule has 2 N–H and O–H groups in total. The molecule has 1 unspecified atom stereocenters. The molecule has 3 heterocycles. The average molecular weight is 399 g/mol. The molecule has 0 bridgehead atoms. The Hall–Kier alpha value is -2.91. The second-order valence-electron chi connectivity index (χ2n) is 6.69. The van der Waals surface area contributed by atoms with Crippen LogP contribution < -0.4 is 5.43 Å². The lowest BCUT2D eigenvalue weighted by Crippen LogP contribution is -2.29. The third-order valence-corrected chi connectivity index (χ3v) is 6.48. The van der Waals surface area contributed by atoms with E-state index in [9.17, 15) is 13.5 Å². The summed E-state index contributed by atoms with van der Waals surface area (Å²) in [4.78, 5) is 8.87. The van der Waals surface area contributed by atoms with E-state index in [1.165, 1.54) is 10.2 Å². The molecule has 3 aromatic heterocycles. The van der Waals surface area contributed by atoms with Crippen molar-refractivity contribution in [3.8, 4) is 0 Å². The number of nitrogens with one attached hydrogen (secondary N) is 1. The van der Waals surface area contributed by atoms with Gasteiger partial charge in [0.1, 0.15) is 17.4 Å². The zero-order chi connectivity index (χ0) is 19.9. The number of benzene rings is 1. The molecule has 0 aliphatic heterocycles.